The molecule has 2 aromatic rings. The van der Waals surface area contributed by atoms with Crippen molar-refractivity contribution >= 4 is 11.6 Å². The number of hydrogen-bond donors (Lipinski definition) is 1. The van der Waals surface area contributed by atoms with E-state index in [1.54, 1.807) is 0 Å². The number of hydrogen-bond acceptors (Lipinski definition) is 1. The number of carbonyl (C=O) groups is 1. The summed E-state index contributed by atoms with van der Waals surface area (Å²) in [6.45, 7) is 2.34. The second-order valence-electron chi connectivity index (χ2n) is 3.97. The van der Waals surface area contributed by atoms with Crippen LogP contribution in [0.4, 0.5) is 5.69 Å². The Bertz CT molecular complexity index is 514. The molecule has 1 N–H and O–H groups in total. The molecule has 18 heavy (non-hydrogen) atoms. The molecule has 2 rings (SSSR count). The largest absolute Gasteiger partial charge is 1.00 e. The van der Waals surface area contributed by atoms with Crippen molar-refractivity contribution in [2.45, 2.75) is 13.5 Å². The molecular weight excluding hydrogens is 292 g/mol. The number of nitrogens with zero attached hydrogens (tertiary/aromatic N) is 1. The van der Waals surface area contributed by atoms with Gasteiger partial charge < -0.3 is 22.3 Å². The molecule has 0 saturated heterocycles. The SMILES string of the molecule is Cc1ccc[n+](CC(=O)Nc2ccccc2)c1.[Br-]. The van der Waals surface area contributed by atoms with Crippen molar-refractivity contribution in [3.63, 3.8) is 0 Å². The Kier molecular flexibility index (Phi) is 5.52. The van der Waals surface area contributed by atoms with Gasteiger partial charge in [-0.25, -0.2) is 0 Å². The summed E-state index contributed by atoms with van der Waals surface area (Å²) < 4.78 is 1.87. The number of rotatable bonds is 3. The van der Waals surface area contributed by atoms with Crippen molar-refractivity contribution in [2.24, 2.45) is 0 Å². The van der Waals surface area contributed by atoms with E-state index in [2.05, 4.69) is 5.32 Å². The fourth-order valence-corrected chi connectivity index (χ4v) is 1.64. The molecule has 1 aromatic carbocycles. The minimum absolute atomic E-state index is 0. The summed E-state index contributed by atoms with van der Waals surface area (Å²) in [6.07, 6.45) is 3.84. The van der Waals surface area contributed by atoms with E-state index < -0.39 is 0 Å². The zero-order valence-electron chi connectivity index (χ0n) is 10.1. The van der Waals surface area contributed by atoms with Crippen LogP contribution in [0.15, 0.2) is 54.9 Å². The number of halogens is 1. The van der Waals surface area contributed by atoms with Crippen LogP contribution in [0.25, 0.3) is 0 Å². The van der Waals surface area contributed by atoms with Crippen molar-refractivity contribution in [1.29, 1.82) is 0 Å². The highest BCUT2D eigenvalue weighted by atomic mass is 79.9. The average Bonchev–Trinajstić information content (AvgIpc) is 2.30. The van der Waals surface area contributed by atoms with E-state index in [1.807, 2.05) is 66.3 Å². The first-order valence-corrected chi connectivity index (χ1v) is 5.55. The Labute approximate surface area is 117 Å². The lowest BCUT2D eigenvalue weighted by Crippen LogP contribution is -3.00. The highest BCUT2D eigenvalue weighted by Gasteiger charge is 2.08. The number of amides is 1. The maximum absolute atomic E-state index is 11.8. The van der Waals surface area contributed by atoms with Crippen LogP contribution in [0.3, 0.4) is 0 Å². The zero-order chi connectivity index (χ0) is 12.1. The molecule has 0 spiro atoms. The number of para-hydroxylation sites is 1. The molecule has 0 unspecified atom stereocenters. The minimum Gasteiger partial charge on any atom is -1.00 e. The van der Waals surface area contributed by atoms with E-state index in [4.69, 9.17) is 0 Å². The van der Waals surface area contributed by atoms with Gasteiger partial charge in [0.25, 0.3) is 5.91 Å². The van der Waals surface area contributed by atoms with E-state index in [9.17, 15) is 4.79 Å². The van der Waals surface area contributed by atoms with Crippen molar-refractivity contribution < 1.29 is 26.3 Å². The van der Waals surface area contributed by atoms with E-state index >= 15 is 0 Å². The summed E-state index contributed by atoms with van der Waals surface area (Å²) in [5.41, 5.74) is 1.96. The highest BCUT2D eigenvalue weighted by Crippen LogP contribution is 2.04. The molecule has 0 atom stereocenters. The fourth-order valence-electron chi connectivity index (χ4n) is 1.64. The standard InChI is InChI=1S/C14H14N2O.BrH/c1-12-6-5-9-16(10-12)11-14(17)15-13-7-3-2-4-8-13;/h2-10H,11H2,1H3;1H. The van der Waals surface area contributed by atoms with Crippen LogP contribution in [0, 0.1) is 6.92 Å². The molecule has 1 aromatic heterocycles. The Hall–Kier alpha value is -1.68. The number of nitrogens with one attached hydrogen (secondary N) is 1. The van der Waals surface area contributed by atoms with Gasteiger partial charge in [-0.05, 0) is 25.1 Å². The van der Waals surface area contributed by atoms with Gasteiger partial charge in [0.2, 0.25) is 6.54 Å². The fraction of sp³-hybridized carbons (Fsp3) is 0.143. The molecule has 4 heteroatoms. The third-order valence-corrected chi connectivity index (χ3v) is 2.39. The summed E-state index contributed by atoms with van der Waals surface area (Å²) in [7, 11) is 0. The molecule has 1 heterocycles. The second kappa shape index (κ2) is 6.91. The summed E-state index contributed by atoms with van der Waals surface area (Å²) in [5.74, 6) is -0.0215. The van der Waals surface area contributed by atoms with Gasteiger partial charge >= 0.3 is 0 Å². The van der Waals surface area contributed by atoms with E-state index in [1.165, 1.54) is 0 Å². The maximum Gasteiger partial charge on any atom is 0.290 e. The van der Waals surface area contributed by atoms with E-state index in [0.717, 1.165) is 11.3 Å². The number of pyridine rings is 1. The quantitative estimate of drug-likeness (QED) is 0.720. The summed E-state index contributed by atoms with van der Waals surface area (Å²) >= 11 is 0. The van der Waals surface area contributed by atoms with Crippen LogP contribution >= 0.6 is 0 Å². The summed E-state index contributed by atoms with van der Waals surface area (Å²) in [4.78, 5) is 11.8. The molecule has 0 fully saturated rings. The Morgan fingerprint density at radius 2 is 1.89 bits per heavy atom. The molecular formula is C14H15BrN2O. The number of carbonyl (C=O) groups excluding carboxylic acids is 1. The number of anilines is 1. The van der Waals surface area contributed by atoms with Gasteiger partial charge in [-0.2, -0.15) is 4.57 Å². The first-order valence-electron chi connectivity index (χ1n) is 5.55. The second-order valence-corrected chi connectivity index (χ2v) is 3.97. The Balaban J connectivity index is 0.00000162. The van der Waals surface area contributed by atoms with Gasteiger partial charge in [-0.3, -0.25) is 4.79 Å². The van der Waals surface area contributed by atoms with Crippen molar-refractivity contribution in [3.8, 4) is 0 Å². The molecule has 1 amide bonds. The zero-order valence-corrected chi connectivity index (χ0v) is 11.7. The van der Waals surface area contributed by atoms with Gasteiger partial charge in [0, 0.05) is 17.3 Å². The van der Waals surface area contributed by atoms with E-state index in [0.29, 0.717) is 6.54 Å². The van der Waals surface area contributed by atoms with Crippen LogP contribution in [0.2, 0.25) is 0 Å². The topological polar surface area (TPSA) is 33.0 Å². The van der Waals surface area contributed by atoms with Crippen molar-refractivity contribution in [1.82, 2.24) is 0 Å². The normalized spacial score (nSPS) is 9.39. The number of benzene rings is 1. The molecule has 0 radical (unpaired) electrons. The molecule has 0 aliphatic carbocycles. The van der Waals surface area contributed by atoms with Crippen LogP contribution in [-0.4, -0.2) is 5.91 Å². The Morgan fingerprint density at radius 3 is 2.56 bits per heavy atom. The first kappa shape index (κ1) is 14.4. The molecule has 3 nitrogen and oxygen atoms in total. The summed E-state index contributed by atoms with van der Waals surface area (Å²) in [6, 6.07) is 13.4. The predicted octanol–water partition coefficient (Wildman–Crippen LogP) is -1.07. The predicted molar refractivity (Wildman–Crippen MR) is 66.4 cm³/mol. The third-order valence-electron chi connectivity index (χ3n) is 2.39. The Morgan fingerprint density at radius 1 is 1.17 bits per heavy atom. The average molecular weight is 307 g/mol. The lowest BCUT2D eigenvalue weighted by atomic mass is 10.3. The lowest BCUT2D eigenvalue weighted by molar-refractivity contribution is -0.684. The van der Waals surface area contributed by atoms with Crippen molar-refractivity contribution in [2.75, 3.05) is 5.32 Å². The van der Waals surface area contributed by atoms with Crippen LogP contribution in [0.1, 0.15) is 5.56 Å². The van der Waals surface area contributed by atoms with Gasteiger partial charge in [0.1, 0.15) is 0 Å². The molecule has 0 aliphatic heterocycles. The van der Waals surface area contributed by atoms with Crippen LogP contribution in [0.5, 0.6) is 0 Å². The van der Waals surface area contributed by atoms with Gasteiger partial charge in [0.05, 0.1) is 0 Å². The molecule has 0 aliphatic rings. The molecule has 0 saturated carbocycles. The number of aryl methyl sites for hydroxylation is 1. The maximum atomic E-state index is 11.8. The van der Waals surface area contributed by atoms with Crippen LogP contribution < -0.4 is 26.9 Å². The number of aromatic nitrogens is 1. The third kappa shape index (κ3) is 4.30. The smallest absolute Gasteiger partial charge is 0.290 e. The van der Waals surface area contributed by atoms with Gasteiger partial charge in [-0.1, -0.05) is 18.2 Å². The van der Waals surface area contributed by atoms with Crippen molar-refractivity contribution in [3.05, 3.63) is 60.4 Å². The van der Waals surface area contributed by atoms with Gasteiger partial charge in [0.15, 0.2) is 12.4 Å². The monoisotopic (exact) mass is 306 g/mol. The van der Waals surface area contributed by atoms with E-state index in [-0.39, 0.29) is 22.9 Å². The lowest BCUT2D eigenvalue weighted by Gasteiger charge is -2.02. The summed E-state index contributed by atoms with van der Waals surface area (Å²) in [5, 5.41) is 2.85. The first-order chi connectivity index (χ1) is 8.24. The highest BCUT2D eigenvalue weighted by molar-refractivity contribution is 5.89. The van der Waals surface area contributed by atoms with Crippen LogP contribution in [-0.2, 0) is 11.3 Å². The minimum atomic E-state index is -0.0215. The molecule has 0 bridgehead atoms. The molecule has 94 valence electrons. The van der Waals surface area contributed by atoms with Gasteiger partial charge in [-0.15, -0.1) is 0 Å².